The number of rotatable bonds is 7. The number of sulfone groups is 1. The van der Waals surface area contributed by atoms with Crippen LogP contribution in [0.15, 0.2) is 18.2 Å². The van der Waals surface area contributed by atoms with Gasteiger partial charge in [0.2, 0.25) is 6.79 Å². The predicted molar refractivity (Wildman–Crippen MR) is 104 cm³/mol. The van der Waals surface area contributed by atoms with Gasteiger partial charge in [-0.2, -0.15) is 0 Å². The molecule has 1 aromatic carbocycles. The Bertz CT molecular complexity index is 950. The highest BCUT2D eigenvalue weighted by atomic mass is 35.5. The van der Waals surface area contributed by atoms with Gasteiger partial charge in [0.05, 0.1) is 0 Å². The molecule has 1 aliphatic heterocycles. The zero-order valence-corrected chi connectivity index (χ0v) is 17.1. The lowest BCUT2D eigenvalue weighted by Gasteiger charge is -2.25. The molecule has 0 saturated heterocycles. The molecule has 3 rings (SSSR count). The lowest BCUT2D eigenvalue weighted by Crippen LogP contribution is -2.25. The van der Waals surface area contributed by atoms with Crippen LogP contribution in [0, 0.1) is 0 Å². The van der Waals surface area contributed by atoms with Crippen LogP contribution in [0.5, 0.6) is 11.5 Å². The molecule has 0 aliphatic carbocycles. The minimum atomic E-state index is -3.26. The van der Waals surface area contributed by atoms with Crippen molar-refractivity contribution in [3.05, 3.63) is 40.3 Å². The molecule has 0 fully saturated rings. The maximum atomic E-state index is 11.7. The number of hydrogen-bond acceptors (Lipinski definition) is 7. The number of anilines is 1. The minimum Gasteiger partial charge on any atom is -0.454 e. The fourth-order valence-electron chi connectivity index (χ4n) is 2.95. The Morgan fingerprint density at radius 3 is 2.59 bits per heavy atom. The monoisotopic (exact) mass is 411 g/mol. The van der Waals surface area contributed by atoms with Crippen molar-refractivity contribution in [2.45, 2.75) is 32.6 Å². The summed E-state index contributed by atoms with van der Waals surface area (Å²) >= 11 is 6.34. The number of halogens is 1. The van der Waals surface area contributed by atoms with Crippen molar-refractivity contribution >= 4 is 27.3 Å². The minimum absolute atomic E-state index is 0.207. The van der Waals surface area contributed by atoms with Crippen LogP contribution in [0.1, 0.15) is 30.8 Å². The summed E-state index contributed by atoms with van der Waals surface area (Å²) in [6, 6.07) is 5.80. The molecule has 1 aliphatic rings. The van der Waals surface area contributed by atoms with Gasteiger partial charge in [0.15, 0.2) is 21.3 Å². The quantitative estimate of drug-likeness (QED) is 0.647. The first-order chi connectivity index (χ1) is 12.8. The van der Waals surface area contributed by atoms with Gasteiger partial charge in [-0.25, -0.2) is 18.4 Å². The maximum Gasteiger partial charge on any atom is 0.231 e. The van der Waals surface area contributed by atoms with Crippen molar-refractivity contribution < 1.29 is 17.9 Å². The van der Waals surface area contributed by atoms with Gasteiger partial charge in [-0.3, -0.25) is 0 Å². The molecular formula is C18H22ClN3O4S. The van der Waals surface area contributed by atoms with Crippen LogP contribution in [-0.2, 0) is 28.6 Å². The zero-order valence-electron chi connectivity index (χ0n) is 15.5. The van der Waals surface area contributed by atoms with Crippen molar-refractivity contribution in [3.8, 4) is 11.5 Å². The third kappa shape index (κ3) is 4.62. The van der Waals surface area contributed by atoms with Gasteiger partial charge in [0, 0.05) is 24.9 Å². The lowest BCUT2D eigenvalue weighted by atomic mass is 10.1. The van der Waals surface area contributed by atoms with Gasteiger partial charge >= 0.3 is 0 Å². The summed E-state index contributed by atoms with van der Waals surface area (Å²) in [5, 5.41) is 0.297. The van der Waals surface area contributed by atoms with E-state index in [1.165, 1.54) is 0 Å². The topological polar surface area (TPSA) is 81.6 Å². The fraction of sp³-hybridized carbons (Fsp3) is 0.444. The van der Waals surface area contributed by atoms with Crippen LogP contribution in [0.3, 0.4) is 0 Å². The standard InChI is InChI=1S/C18H22ClN3O4S/c1-4-13-17(19)20-16(10-27(3,23)24)21-18(13)22(5-2)9-12-6-7-14-15(8-12)26-11-25-14/h6-8H,4-5,9-11H2,1-3H3. The zero-order chi connectivity index (χ0) is 19.6. The van der Waals surface area contributed by atoms with Crippen LogP contribution in [0.4, 0.5) is 5.82 Å². The van der Waals surface area contributed by atoms with Crippen LogP contribution in [0.2, 0.25) is 5.15 Å². The number of nitrogens with zero attached hydrogens (tertiary/aromatic N) is 3. The van der Waals surface area contributed by atoms with E-state index < -0.39 is 9.84 Å². The number of aromatic nitrogens is 2. The molecule has 9 heteroatoms. The Morgan fingerprint density at radius 1 is 1.19 bits per heavy atom. The molecule has 0 amide bonds. The summed E-state index contributed by atoms with van der Waals surface area (Å²) in [6.45, 7) is 5.46. The van der Waals surface area contributed by atoms with E-state index in [1.807, 2.05) is 32.0 Å². The average Bonchev–Trinajstić information content (AvgIpc) is 3.05. The Hall–Kier alpha value is -2.06. The molecule has 27 heavy (non-hydrogen) atoms. The Labute approximate surface area is 164 Å². The fourth-order valence-corrected chi connectivity index (χ4v) is 3.86. The third-order valence-corrected chi connectivity index (χ3v) is 5.31. The second kappa shape index (κ2) is 7.90. The summed E-state index contributed by atoms with van der Waals surface area (Å²) in [5.41, 5.74) is 1.83. The molecule has 2 heterocycles. The van der Waals surface area contributed by atoms with E-state index in [9.17, 15) is 8.42 Å². The maximum absolute atomic E-state index is 11.7. The number of hydrogen-bond donors (Lipinski definition) is 0. The van der Waals surface area contributed by atoms with Crippen molar-refractivity contribution in [2.75, 3.05) is 24.5 Å². The van der Waals surface area contributed by atoms with Crippen molar-refractivity contribution in [3.63, 3.8) is 0 Å². The molecule has 0 bridgehead atoms. The Morgan fingerprint density at radius 2 is 1.93 bits per heavy atom. The molecule has 0 radical (unpaired) electrons. The molecule has 0 spiro atoms. The van der Waals surface area contributed by atoms with Gasteiger partial charge in [0.1, 0.15) is 22.5 Å². The van der Waals surface area contributed by atoms with E-state index in [2.05, 4.69) is 14.9 Å². The highest BCUT2D eigenvalue weighted by molar-refractivity contribution is 7.89. The van der Waals surface area contributed by atoms with E-state index in [0.29, 0.717) is 30.5 Å². The summed E-state index contributed by atoms with van der Waals surface area (Å²) in [6.07, 6.45) is 1.80. The SMILES string of the molecule is CCc1c(Cl)nc(CS(C)(=O)=O)nc1N(CC)Cc1ccc2c(c1)OCO2. The molecule has 146 valence electrons. The van der Waals surface area contributed by atoms with E-state index in [4.69, 9.17) is 21.1 Å². The van der Waals surface area contributed by atoms with E-state index in [1.54, 1.807) is 0 Å². The second-order valence-corrected chi connectivity index (χ2v) is 8.86. The highest BCUT2D eigenvalue weighted by Crippen LogP contribution is 2.34. The normalized spacial score (nSPS) is 13.0. The molecule has 0 N–H and O–H groups in total. The lowest BCUT2D eigenvalue weighted by molar-refractivity contribution is 0.174. The van der Waals surface area contributed by atoms with Crippen molar-refractivity contribution in [1.29, 1.82) is 0 Å². The van der Waals surface area contributed by atoms with Gasteiger partial charge in [-0.05, 0) is 31.0 Å². The van der Waals surface area contributed by atoms with Crippen LogP contribution in [-0.4, -0.2) is 38.0 Å². The average molecular weight is 412 g/mol. The van der Waals surface area contributed by atoms with Crippen LogP contribution < -0.4 is 14.4 Å². The van der Waals surface area contributed by atoms with Crippen molar-refractivity contribution in [2.24, 2.45) is 0 Å². The van der Waals surface area contributed by atoms with Crippen LogP contribution >= 0.6 is 11.6 Å². The first-order valence-corrected chi connectivity index (χ1v) is 11.1. The van der Waals surface area contributed by atoms with E-state index in [0.717, 1.165) is 28.9 Å². The van der Waals surface area contributed by atoms with E-state index >= 15 is 0 Å². The highest BCUT2D eigenvalue weighted by Gasteiger charge is 2.20. The van der Waals surface area contributed by atoms with Crippen molar-refractivity contribution in [1.82, 2.24) is 9.97 Å². The largest absolute Gasteiger partial charge is 0.454 e. The predicted octanol–water partition coefficient (Wildman–Crippen LogP) is 2.99. The molecule has 1 aromatic heterocycles. The number of fused-ring (bicyclic) bond motifs is 1. The van der Waals surface area contributed by atoms with Gasteiger partial charge in [-0.1, -0.05) is 24.6 Å². The number of ether oxygens (including phenoxy) is 2. The smallest absolute Gasteiger partial charge is 0.231 e. The number of benzene rings is 1. The molecule has 7 nitrogen and oxygen atoms in total. The van der Waals surface area contributed by atoms with Gasteiger partial charge in [-0.15, -0.1) is 0 Å². The molecular weight excluding hydrogens is 390 g/mol. The Balaban J connectivity index is 1.95. The van der Waals surface area contributed by atoms with E-state index in [-0.39, 0.29) is 18.4 Å². The second-order valence-electron chi connectivity index (χ2n) is 6.36. The van der Waals surface area contributed by atoms with Crippen LogP contribution in [0.25, 0.3) is 0 Å². The summed E-state index contributed by atoms with van der Waals surface area (Å²) in [7, 11) is -3.26. The molecule has 2 aromatic rings. The summed E-state index contributed by atoms with van der Waals surface area (Å²) < 4.78 is 34.1. The summed E-state index contributed by atoms with van der Waals surface area (Å²) in [4.78, 5) is 10.7. The molecule has 0 saturated carbocycles. The van der Waals surface area contributed by atoms with Gasteiger partial charge < -0.3 is 14.4 Å². The third-order valence-electron chi connectivity index (χ3n) is 4.22. The molecule has 0 unspecified atom stereocenters. The van der Waals surface area contributed by atoms with Gasteiger partial charge in [0.25, 0.3) is 0 Å². The molecule has 0 atom stereocenters. The Kier molecular flexibility index (Phi) is 5.76. The summed E-state index contributed by atoms with van der Waals surface area (Å²) in [5.74, 6) is 2.08. The first-order valence-electron chi connectivity index (χ1n) is 8.67. The first kappa shape index (κ1) is 19.7.